The van der Waals surface area contributed by atoms with Gasteiger partial charge in [0.15, 0.2) is 5.43 Å². The Hall–Kier alpha value is -1.62. The van der Waals surface area contributed by atoms with Gasteiger partial charge in [-0.15, -0.1) is 0 Å². The smallest absolute Gasteiger partial charge is 0.257 e. The van der Waals surface area contributed by atoms with Crippen LogP contribution in [0.4, 0.5) is 0 Å². The fraction of sp³-hybridized carbons (Fsp3) is 0.538. The summed E-state index contributed by atoms with van der Waals surface area (Å²) in [6.45, 7) is 1.78. The Morgan fingerprint density at radius 1 is 1.50 bits per heavy atom. The number of hydrogen-bond acceptors (Lipinski definition) is 3. The molecule has 1 aromatic rings. The van der Waals surface area contributed by atoms with Crippen molar-refractivity contribution in [2.24, 2.45) is 0 Å². The minimum absolute atomic E-state index is 0.00297. The van der Waals surface area contributed by atoms with Crippen LogP contribution < -0.4 is 10.7 Å². The maximum atomic E-state index is 12.0. The molecule has 2 unspecified atom stereocenters. The number of H-pyrrole nitrogens is 1. The molecule has 2 atom stereocenters. The number of carbonyl (C=O) groups excluding carboxylic acids is 1. The molecule has 1 aliphatic rings. The maximum absolute atomic E-state index is 12.0. The number of nitrogens with one attached hydrogen (secondary N) is 2. The summed E-state index contributed by atoms with van der Waals surface area (Å²) < 4.78 is 5.31. The summed E-state index contributed by atoms with van der Waals surface area (Å²) in [6, 6.07) is 1.43. The molecule has 5 nitrogen and oxygen atoms in total. The Kier molecular flexibility index (Phi) is 3.81. The second-order valence-electron chi connectivity index (χ2n) is 4.68. The number of rotatable bonds is 3. The molecule has 5 heteroatoms. The Morgan fingerprint density at radius 2 is 2.28 bits per heavy atom. The van der Waals surface area contributed by atoms with Crippen LogP contribution in [0.1, 0.15) is 35.3 Å². The molecule has 2 N–H and O–H groups in total. The second-order valence-corrected chi connectivity index (χ2v) is 4.68. The van der Waals surface area contributed by atoms with Gasteiger partial charge in [0.2, 0.25) is 0 Å². The van der Waals surface area contributed by atoms with Crippen LogP contribution in [0.5, 0.6) is 0 Å². The van der Waals surface area contributed by atoms with Gasteiger partial charge in [-0.3, -0.25) is 9.59 Å². The molecule has 1 amide bonds. The van der Waals surface area contributed by atoms with Gasteiger partial charge in [0.25, 0.3) is 5.91 Å². The number of amides is 1. The highest BCUT2D eigenvalue weighted by atomic mass is 16.5. The Labute approximate surface area is 106 Å². The highest BCUT2D eigenvalue weighted by Crippen LogP contribution is 2.21. The quantitative estimate of drug-likeness (QED) is 0.840. The van der Waals surface area contributed by atoms with Gasteiger partial charge in [-0.1, -0.05) is 0 Å². The van der Waals surface area contributed by atoms with E-state index in [1.807, 2.05) is 0 Å². The lowest BCUT2D eigenvalue weighted by Gasteiger charge is -2.19. The molecule has 1 aromatic heterocycles. The largest absolute Gasteiger partial charge is 0.379 e. The third-order valence-electron chi connectivity index (χ3n) is 3.37. The first kappa shape index (κ1) is 12.8. The van der Waals surface area contributed by atoms with E-state index in [-0.39, 0.29) is 29.0 Å². The number of aromatic nitrogens is 1. The second kappa shape index (κ2) is 5.35. The van der Waals surface area contributed by atoms with E-state index in [1.165, 1.54) is 12.3 Å². The zero-order valence-electron chi connectivity index (χ0n) is 10.7. The molecule has 0 radical (unpaired) electrons. The molecule has 1 aliphatic carbocycles. The van der Waals surface area contributed by atoms with Gasteiger partial charge in [-0.2, -0.15) is 0 Å². The molecule has 1 saturated carbocycles. The fourth-order valence-electron chi connectivity index (χ4n) is 2.37. The lowest BCUT2D eigenvalue weighted by atomic mass is 10.1. The maximum Gasteiger partial charge on any atom is 0.257 e. The van der Waals surface area contributed by atoms with Crippen LogP contribution in [0.2, 0.25) is 0 Å². The fourth-order valence-corrected chi connectivity index (χ4v) is 2.37. The lowest BCUT2D eigenvalue weighted by Crippen LogP contribution is -2.42. The van der Waals surface area contributed by atoms with Crippen LogP contribution in [0.3, 0.4) is 0 Å². The van der Waals surface area contributed by atoms with Crippen molar-refractivity contribution in [3.63, 3.8) is 0 Å². The van der Waals surface area contributed by atoms with Crippen molar-refractivity contribution in [3.05, 3.63) is 33.7 Å². The zero-order valence-corrected chi connectivity index (χ0v) is 10.7. The van der Waals surface area contributed by atoms with Gasteiger partial charge in [0, 0.05) is 25.1 Å². The first-order valence-electron chi connectivity index (χ1n) is 6.15. The standard InChI is InChI=1S/C13H18N2O3/c1-8-6-11(16)9(7-14-8)13(17)15-10-4-3-5-12(10)18-2/h6-7,10,12H,3-5H2,1-2H3,(H,14,16)(H,15,17). The van der Waals surface area contributed by atoms with Gasteiger partial charge >= 0.3 is 0 Å². The van der Waals surface area contributed by atoms with E-state index in [4.69, 9.17) is 4.74 Å². The van der Waals surface area contributed by atoms with Crippen LogP contribution in [0, 0.1) is 6.92 Å². The van der Waals surface area contributed by atoms with Crippen molar-refractivity contribution in [3.8, 4) is 0 Å². The predicted molar refractivity (Wildman–Crippen MR) is 67.7 cm³/mol. The van der Waals surface area contributed by atoms with Gasteiger partial charge in [-0.05, 0) is 26.2 Å². The van der Waals surface area contributed by atoms with Gasteiger partial charge < -0.3 is 15.0 Å². The molecular formula is C13H18N2O3. The number of ether oxygens (including phenoxy) is 1. The number of aromatic amines is 1. The average Bonchev–Trinajstić information content (AvgIpc) is 2.76. The number of carbonyl (C=O) groups is 1. The zero-order chi connectivity index (χ0) is 13.1. The van der Waals surface area contributed by atoms with E-state index in [2.05, 4.69) is 10.3 Å². The molecule has 0 bridgehead atoms. The Morgan fingerprint density at radius 3 is 2.94 bits per heavy atom. The normalized spacial score (nSPS) is 23.0. The van der Waals surface area contributed by atoms with E-state index < -0.39 is 0 Å². The molecule has 0 aliphatic heterocycles. The number of aryl methyl sites for hydroxylation is 1. The molecule has 1 fully saturated rings. The summed E-state index contributed by atoms with van der Waals surface area (Å²) in [5.41, 5.74) is 0.644. The van der Waals surface area contributed by atoms with E-state index in [9.17, 15) is 9.59 Å². The van der Waals surface area contributed by atoms with Crippen molar-refractivity contribution in [1.29, 1.82) is 0 Å². The monoisotopic (exact) mass is 250 g/mol. The SMILES string of the molecule is COC1CCCC1NC(=O)c1c[nH]c(C)cc1=O. The molecule has 98 valence electrons. The van der Waals surface area contributed by atoms with Crippen molar-refractivity contribution in [1.82, 2.24) is 10.3 Å². The van der Waals surface area contributed by atoms with Crippen LogP contribution in [0.15, 0.2) is 17.1 Å². The van der Waals surface area contributed by atoms with Crippen LogP contribution in [-0.4, -0.2) is 30.1 Å². The first-order chi connectivity index (χ1) is 8.61. The van der Waals surface area contributed by atoms with E-state index in [0.29, 0.717) is 0 Å². The first-order valence-corrected chi connectivity index (χ1v) is 6.15. The Bertz CT molecular complexity index is 495. The van der Waals surface area contributed by atoms with Gasteiger partial charge in [0.05, 0.1) is 12.1 Å². The van der Waals surface area contributed by atoms with Crippen LogP contribution >= 0.6 is 0 Å². The van der Waals surface area contributed by atoms with E-state index in [1.54, 1.807) is 14.0 Å². The summed E-state index contributed by atoms with van der Waals surface area (Å²) in [6.07, 6.45) is 4.40. The third-order valence-corrected chi connectivity index (χ3v) is 3.37. The van der Waals surface area contributed by atoms with Gasteiger partial charge in [-0.25, -0.2) is 0 Å². The third kappa shape index (κ3) is 2.61. The molecule has 1 heterocycles. The molecule has 18 heavy (non-hydrogen) atoms. The highest BCUT2D eigenvalue weighted by molar-refractivity contribution is 5.94. The van der Waals surface area contributed by atoms with Gasteiger partial charge in [0.1, 0.15) is 5.56 Å². The molecule has 0 saturated heterocycles. The molecule has 2 rings (SSSR count). The van der Waals surface area contributed by atoms with Crippen molar-refractivity contribution in [2.75, 3.05) is 7.11 Å². The molecular weight excluding hydrogens is 232 g/mol. The summed E-state index contributed by atoms with van der Waals surface area (Å²) >= 11 is 0. The van der Waals surface area contributed by atoms with E-state index >= 15 is 0 Å². The molecule has 0 aromatic carbocycles. The minimum atomic E-state index is -0.329. The summed E-state index contributed by atoms with van der Waals surface area (Å²) in [5, 5.41) is 2.87. The summed E-state index contributed by atoms with van der Waals surface area (Å²) in [5.74, 6) is -0.329. The summed E-state index contributed by atoms with van der Waals surface area (Å²) in [7, 11) is 1.65. The summed E-state index contributed by atoms with van der Waals surface area (Å²) in [4.78, 5) is 26.6. The minimum Gasteiger partial charge on any atom is -0.379 e. The van der Waals surface area contributed by atoms with Crippen molar-refractivity contribution < 1.29 is 9.53 Å². The van der Waals surface area contributed by atoms with Crippen LogP contribution in [-0.2, 0) is 4.74 Å². The van der Waals surface area contributed by atoms with Crippen LogP contribution in [0.25, 0.3) is 0 Å². The molecule has 0 spiro atoms. The van der Waals surface area contributed by atoms with Crippen molar-refractivity contribution >= 4 is 5.91 Å². The number of hydrogen-bond donors (Lipinski definition) is 2. The lowest BCUT2D eigenvalue weighted by molar-refractivity contribution is 0.0721. The van der Waals surface area contributed by atoms with E-state index in [0.717, 1.165) is 25.0 Å². The number of methoxy groups -OCH3 is 1. The average molecular weight is 250 g/mol. The Balaban J connectivity index is 2.10. The predicted octanol–water partition coefficient (Wildman–Crippen LogP) is 0.981. The highest BCUT2D eigenvalue weighted by Gasteiger charge is 2.29. The topological polar surface area (TPSA) is 71.2 Å². The number of pyridine rings is 1. The van der Waals surface area contributed by atoms with Crippen molar-refractivity contribution in [2.45, 2.75) is 38.3 Å².